The summed E-state index contributed by atoms with van der Waals surface area (Å²) in [7, 11) is 0. The molecule has 1 fully saturated rings. The van der Waals surface area contributed by atoms with Gasteiger partial charge in [0.15, 0.2) is 5.82 Å². The van der Waals surface area contributed by atoms with Crippen molar-refractivity contribution < 1.29 is 19.0 Å². The molecule has 3 unspecified atom stereocenters. The van der Waals surface area contributed by atoms with Crippen LogP contribution in [0.15, 0.2) is 60.7 Å². The zero-order chi connectivity index (χ0) is 23.7. The number of aliphatic hydroxyl groups excluding tert-OH is 1. The number of nitrogens with zero attached hydrogens (tertiary/aromatic N) is 1. The SMILES string of the molecule is CCOC1C(Nc2cc3nc(-c4ccc(-c5ccc(N)cc5)cc4)c(F)cc3[nH]2)COC1CO. The van der Waals surface area contributed by atoms with Crippen LogP contribution in [0.3, 0.4) is 0 Å². The number of nitrogens with one attached hydrogen (secondary N) is 2. The predicted molar refractivity (Wildman–Crippen MR) is 131 cm³/mol. The summed E-state index contributed by atoms with van der Waals surface area (Å²) in [5, 5.41) is 12.9. The van der Waals surface area contributed by atoms with Crippen LogP contribution < -0.4 is 11.1 Å². The minimum absolute atomic E-state index is 0.108. The first-order valence-corrected chi connectivity index (χ1v) is 11.3. The molecular weight excluding hydrogens is 435 g/mol. The highest BCUT2D eigenvalue weighted by atomic mass is 19.1. The van der Waals surface area contributed by atoms with Gasteiger partial charge in [0.25, 0.3) is 0 Å². The number of hydrogen-bond donors (Lipinski definition) is 4. The Kier molecular flexibility index (Phi) is 6.19. The van der Waals surface area contributed by atoms with Crippen molar-refractivity contribution in [2.75, 3.05) is 30.9 Å². The fourth-order valence-corrected chi connectivity index (χ4v) is 4.38. The van der Waals surface area contributed by atoms with Gasteiger partial charge in [-0.25, -0.2) is 9.37 Å². The monoisotopic (exact) mass is 462 g/mol. The maximum atomic E-state index is 15.0. The average molecular weight is 463 g/mol. The molecule has 5 rings (SSSR count). The highest BCUT2D eigenvalue weighted by Gasteiger charge is 2.37. The van der Waals surface area contributed by atoms with Crippen LogP contribution in [0.1, 0.15) is 6.92 Å². The van der Waals surface area contributed by atoms with E-state index in [1.165, 1.54) is 6.07 Å². The van der Waals surface area contributed by atoms with Crippen LogP contribution in [0.2, 0.25) is 0 Å². The number of aliphatic hydroxyl groups is 1. The van der Waals surface area contributed by atoms with E-state index in [1.54, 1.807) is 0 Å². The number of rotatable bonds is 7. The molecule has 0 spiro atoms. The summed E-state index contributed by atoms with van der Waals surface area (Å²) in [4.78, 5) is 7.75. The van der Waals surface area contributed by atoms with Crippen molar-refractivity contribution in [2.24, 2.45) is 0 Å². The van der Waals surface area contributed by atoms with E-state index in [2.05, 4.69) is 15.3 Å². The first kappa shape index (κ1) is 22.3. The number of H-pyrrole nitrogens is 1. The van der Waals surface area contributed by atoms with Crippen LogP contribution >= 0.6 is 0 Å². The molecule has 3 heterocycles. The maximum Gasteiger partial charge on any atom is 0.151 e. The lowest BCUT2D eigenvalue weighted by molar-refractivity contribution is -0.0303. The molecule has 3 atom stereocenters. The van der Waals surface area contributed by atoms with Crippen molar-refractivity contribution in [2.45, 2.75) is 25.2 Å². The topological polar surface area (TPSA) is 105 Å². The second-order valence-electron chi connectivity index (χ2n) is 8.36. The van der Waals surface area contributed by atoms with E-state index >= 15 is 0 Å². The predicted octanol–water partition coefficient (Wildman–Crippen LogP) is 4.19. The summed E-state index contributed by atoms with van der Waals surface area (Å²) in [6.07, 6.45) is -0.651. The molecule has 8 heteroatoms. The third kappa shape index (κ3) is 4.35. The number of ether oxygens (including phenoxy) is 2. The van der Waals surface area contributed by atoms with Crippen LogP contribution in [0.5, 0.6) is 0 Å². The normalized spacial score (nSPS) is 20.1. The van der Waals surface area contributed by atoms with Gasteiger partial charge in [0, 0.05) is 30.0 Å². The summed E-state index contributed by atoms with van der Waals surface area (Å²) in [5.41, 5.74) is 10.8. The number of nitrogens with two attached hydrogens (primary N) is 1. The van der Waals surface area contributed by atoms with E-state index in [-0.39, 0.29) is 24.9 Å². The first-order valence-electron chi connectivity index (χ1n) is 11.3. The molecule has 2 aromatic heterocycles. The van der Waals surface area contributed by atoms with Crippen LogP contribution in [0, 0.1) is 5.82 Å². The van der Waals surface area contributed by atoms with Gasteiger partial charge in [0.2, 0.25) is 0 Å². The van der Waals surface area contributed by atoms with Gasteiger partial charge in [-0.1, -0.05) is 36.4 Å². The summed E-state index contributed by atoms with van der Waals surface area (Å²) in [6, 6.07) is 18.4. The summed E-state index contributed by atoms with van der Waals surface area (Å²) < 4.78 is 26.4. The van der Waals surface area contributed by atoms with E-state index in [0.717, 1.165) is 11.1 Å². The summed E-state index contributed by atoms with van der Waals surface area (Å²) in [5.74, 6) is 0.285. The number of halogens is 1. The Balaban J connectivity index is 1.39. The standard InChI is InChI=1S/C26H27FN4O3/c1-2-33-26-22(14-34-23(26)13-32)30-24-12-21-20(29-24)11-19(27)25(31-21)17-5-3-15(4-6-17)16-7-9-18(28)10-8-16/h3-12,22-23,26,29-30,32H,2,13-14,28H2,1H3. The number of anilines is 2. The Morgan fingerprint density at radius 3 is 2.47 bits per heavy atom. The Hall–Kier alpha value is -3.46. The Bertz CT molecular complexity index is 1270. The van der Waals surface area contributed by atoms with Gasteiger partial charge < -0.3 is 30.6 Å². The van der Waals surface area contributed by atoms with Gasteiger partial charge in [-0.15, -0.1) is 0 Å². The lowest BCUT2D eigenvalue weighted by atomic mass is 10.0. The molecular formula is C26H27FN4O3. The largest absolute Gasteiger partial charge is 0.399 e. The summed E-state index contributed by atoms with van der Waals surface area (Å²) in [6.45, 7) is 2.72. The number of aromatic amines is 1. The minimum Gasteiger partial charge on any atom is -0.399 e. The molecule has 5 N–H and O–H groups in total. The molecule has 0 aliphatic carbocycles. The van der Waals surface area contributed by atoms with Gasteiger partial charge in [0.05, 0.1) is 30.3 Å². The molecule has 0 amide bonds. The number of benzene rings is 2. The third-order valence-electron chi connectivity index (χ3n) is 6.09. The molecule has 4 aromatic rings. The minimum atomic E-state index is -0.405. The first-order chi connectivity index (χ1) is 16.6. The summed E-state index contributed by atoms with van der Waals surface area (Å²) >= 11 is 0. The van der Waals surface area contributed by atoms with E-state index in [4.69, 9.17) is 15.2 Å². The van der Waals surface area contributed by atoms with Gasteiger partial charge in [-0.3, -0.25) is 0 Å². The number of fused-ring (bicyclic) bond motifs is 1. The second-order valence-corrected chi connectivity index (χ2v) is 8.36. The highest BCUT2D eigenvalue weighted by molar-refractivity contribution is 5.83. The lowest BCUT2D eigenvalue weighted by Crippen LogP contribution is -2.39. The van der Waals surface area contributed by atoms with Crippen LogP contribution in [0.25, 0.3) is 33.4 Å². The van der Waals surface area contributed by atoms with E-state index < -0.39 is 5.82 Å². The molecule has 2 aromatic carbocycles. The zero-order valence-electron chi connectivity index (χ0n) is 18.8. The van der Waals surface area contributed by atoms with Crippen molar-refractivity contribution in [3.63, 3.8) is 0 Å². The number of hydrogen-bond acceptors (Lipinski definition) is 6. The van der Waals surface area contributed by atoms with Crippen molar-refractivity contribution in [3.8, 4) is 22.4 Å². The van der Waals surface area contributed by atoms with Crippen molar-refractivity contribution in [1.82, 2.24) is 9.97 Å². The number of aromatic nitrogens is 2. The van der Waals surface area contributed by atoms with E-state index in [1.807, 2.05) is 61.5 Å². The van der Waals surface area contributed by atoms with Crippen molar-refractivity contribution in [3.05, 3.63) is 66.5 Å². The molecule has 176 valence electrons. The molecule has 0 bridgehead atoms. The maximum absolute atomic E-state index is 15.0. The Morgan fingerprint density at radius 1 is 1.12 bits per heavy atom. The molecule has 0 radical (unpaired) electrons. The van der Waals surface area contributed by atoms with Crippen LogP contribution in [-0.2, 0) is 9.47 Å². The highest BCUT2D eigenvalue weighted by Crippen LogP contribution is 2.29. The Labute approximate surface area is 196 Å². The fourth-order valence-electron chi connectivity index (χ4n) is 4.38. The lowest BCUT2D eigenvalue weighted by Gasteiger charge is -2.22. The molecule has 1 aliphatic rings. The van der Waals surface area contributed by atoms with E-state index in [9.17, 15) is 9.50 Å². The van der Waals surface area contributed by atoms with Gasteiger partial charge >= 0.3 is 0 Å². The number of pyridine rings is 1. The van der Waals surface area contributed by atoms with Crippen molar-refractivity contribution >= 4 is 22.5 Å². The van der Waals surface area contributed by atoms with E-state index in [0.29, 0.717) is 47.0 Å². The van der Waals surface area contributed by atoms with Crippen LogP contribution in [-0.4, -0.2) is 53.1 Å². The van der Waals surface area contributed by atoms with Crippen molar-refractivity contribution in [1.29, 1.82) is 0 Å². The zero-order valence-corrected chi connectivity index (χ0v) is 18.8. The second kappa shape index (κ2) is 9.42. The average Bonchev–Trinajstić information content (AvgIpc) is 3.42. The molecule has 0 saturated carbocycles. The van der Waals surface area contributed by atoms with Gasteiger partial charge in [-0.2, -0.15) is 0 Å². The molecule has 7 nitrogen and oxygen atoms in total. The smallest absolute Gasteiger partial charge is 0.151 e. The Morgan fingerprint density at radius 2 is 1.79 bits per heavy atom. The molecule has 1 aliphatic heterocycles. The quantitative estimate of drug-likeness (QED) is 0.307. The van der Waals surface area contributed by atoms with Gasteiger partial charge in [0.1, 0.15) is 23.7 Å². The van der Waals surface area contributed by atoms with Gasteiger partial charge in [-0.05, 0) is 30.2 Å². The number of nitrogen functional groups attached to an aromatic ring is 1. The third-order valence-corrected chi connectivity index (χ3v) is 6.09. The van der Waals surface area contributed by atoms with Crippen LogP contribution in [0.4, 0.5) is 15.9 Å². The molecule has 34 heavy (non-hydrogen) atoms. The molecule has 1 saturated heterocycles. The fraction of sp³-hybridized carbons (Fsp3) is 0.269.